The topological polar surface area (TPSA) is 120 Å². The van der Waals surface area contributed by atoms with Crippen LogP contribution in [-0.2, 0) is 32.0 Å². The van der Waals surface area contributed by atoms with Crippen molar-refractivity contribution in [2.45, 2.75) is 51.3 Å². The van der Waals surface area contributed by atoms with E-state index in [1.54, 1.807) is 49.9 Å². The Labute approximate surface area is 231 Å². The quantitative estimate of drug-likeness (QED) is 0.304. The third-order valence-electron chi connectivity index (χ3n) is 6.79. The Morgan fingerprint density at radius 3 is 2.27 bits per heavy atom. The number of esters is 1. The number of carboxylic acid groups (broad SMARTS) is 1. The van der Waals surface area contributed by atoms with Gasteiger partial charge in [-0.05, 0) is 60.7 Å². The Morgan fingerprint density at radius 2 is 1.65 bits per heavy atom. The van der Waals surface area contributed by atoms with E-state index in [2.05, 4.69) is 10.3 Å². The van der Waals surface area contributed by atoms with Crippen LogP contribution in [0.15, 0.2) is 73.1 Å². The average molecular weight is 542 g/mol. The molecule has 4 aromatic rings. The van der Waals surface area contributed by atoms with Gasteiger partial charge in [0.25, 0.3) is 0 Å². The summed E-state index contributed by atoms with van der Waals surface area (Å²) < 4.78 is 12.7. The number of benzene rings is 2. The maximum absolute atomic E-state index is 12.8. The molecule has 1 aliphatic rings. The molecule has 206 valence electrons. The maximum Gasteiger partial charge on any atom is 0.407 e. The summed E-state index contributed by atoms with van der Waals surface area (Å²) in [4.78, 5) is 41.8. The van der Waals surface area contributed by atoms with Crippen molar-refractivity contribution in [2.75, 3.05) is 6.61 Å². The van der Waals surface area contributed by atoms with Crippen LogP contribution in [0, 0.1) is 0 Å². The predicted octanol–water partition coefficient (Wildman–Crippen LogP) is 4.91. The second kappa shape index (κ2) is 10.8. The van der Waals surface area contributed by atoms with E-state index >= 15 is 0 Å². The van der Waals surface area contributed by atoms with Crippen molar-refractivity contribution in [1.29, 1.82) is 0 Å². The molecular weight excluding hydrogens is 510 g/mol. The lowest BCUT2D eigenvalue weighted by Gasteiger charge is -2.19. The molecule has 0 saturated heterocycles. The highest BCUT2D eigenvalue weighted by molar-refractivity contribution is 5.85. The zero-order valence-corrected chi connectivity index (χ0v) is 22.6. The summed E-state index contributed by atoms with van der Waals surface area (Å²) in [5, 5.41) is 12.4. The molecule has 9 heteroatoms. The number of fused-ring (bicyclic) bond motifs is 4. The first kappa shape index (κ1) is 26.9. The molecular formula is C31H31N3O6. The highest BCUT2D eigenvalue weighted by Gasteiger charge is 2.30. The molecule has 0 fully saturated rings. The third-order valence-corrected chi connectivity index (χ3v) is 6.79. The van der Waals surface area contributed by atoms with Gasteiger partial charge >= 0.3 is 18.0 Å². The molecule has 40 heavy (non-hydrogen) atoms. The van der Waals surface area contributed by atoms with Crippen LogP contribution in [0.1, 0.15) is 43.4 Å². The second-order valence-corrected chi connectivity index (χ2v) is 10.8. The van der Waals surface area contributed by atoms with Gasteiger partial charge in [-0.25, -0.2) is 9.59 Å². The van der Waals surface area contributed by atoms with E-state index in [0.717, 1.165) is 22.3 Å². The number of rotatable bonds is 8. The number of carbonyl (C=O) groups excluding carboxylic acids is 2. The molecule has 9 nitrogen and oxygen atoms in total. The molecule has 0 unspecified atom stereocenters. The SMILES string of the molecule is CC(C)(C)OC(=O)Cn1cc(C[C@H](NC(=O)OCC2c3ccccc3-c3ccccc32)C(=O)O)c2ncccc21. The molecule has 1 aliphatic carbocycles. The van der Waals surface area contributed by atoms with Crippen molar-refractivity contribution in [3.05, 3.63) is 89.7 Å². The first-order chi connectivity index (χ1) is 19.1. The van der Waals surface area contributed by atoms with E-state index < -0.39 is 29.7 Å². The van der Waals surface area contributed by atoms with Gasteiger partial charge in [0.1, 0.15) is 24.8 Å². The number of alkyl carbamates (subject to hydrolysis) is 1. The molecule has 1 amide bonds. The largest absolute Gasteiger partial charge is 0.480 e. The molecule has 0 radical (unpaired) electrons. The van der Waals surface area contributed by atoms with Gasteiger partial charge in [-0.15, -0.1) is 0 Å². The van der Waals surface area contributed by atoms with Crippen molar-refractivity contribution in [3.63, 3.8) is 0 Å². The summed E-state index contributed by atoms with van der Waals surface area (Å²) in [5.74, 6) is -1.78. The fraction of sp³-hybridized carbons (Fsp3) is 0.290. The first-order valence-electron chi connectivity index (χ1n) is 13.1. The molecule has 2 aromatic heterocycles. The van der Waals surface area contributed by atoms with Gasteiger partial charge in [-0.3, -0.25) is 9.78 Å². The highest BCUT2D eigenvalue weighted by atomic mass is 16.6. The van der Waals surface area contributed by atoms with Crippen LogP contribution in [0.3, 0.4) is 0 Å². The minimum atomic E-state index is -1.27. The number of aromatic nitrogens is 2. The second-order valence-electron chi connectivity index (χ2n) is 10.8. The number of nitrogens with zero attached hydrogens (tertiary/aromatic N) is 2. The molecule has 2 heterocycles. The van der Waals surface area contributed by atoms with Crippen LogP contribution in [0.2, 0.25) is 0 Å². The van der Waals surface area contributed by atoms with E-state index in [1.807, 2.05) is 48.5 Å². The average Bonchev–Trinajstić information content (AvgIpc) is 3.41. The normalized spacial score (nSPS) is 13.4. The number of pyridine rings is 1. The molecule has 2 aromatic carbocycles. The predicted molar refractivity (Wildman–Crippen MR) is 149 cm³/mol. The Hall–Kier alpha value is -4.66. The van der Waals surface area contributed by atoms with E-state index in [4.69, 9.17) is 9.47 Å². The van der Waals surface area contributed by atoms with Crippen molar-refractivity contribution in [1.82, 2.24) is 14.9 Å². The number of aliphatic carboxylic acids is 1. The lowest BCUT2D eigenvalue weighted by atomic mass is 9.98. The van der Waals surface area contributed by atoms with E-state index in [0.29, 0.717) is 16.6 Å². The van der Waals surface area contributed by atoms with Crippen LogP contribution < -0.4 is 5.32 Å². The molecule has 2 N–H and O–H groups in total. The monoisotopic (exact) mass is 541 g/mol. The standard InChI is InChI=1S/C31H31N3O6/c1-31(2,3)40-27(35)17-34-16-19(28-26(34)13-8-14-32-28)15-25(29(36)37)33-30(38)39-18-24-22-11-6-4-9-20(22)21-10-5-7-12-23(21)24/h4-14,16,24-25H,15,17-18H2,1-3H3,(H,33,38)(H,36,37)/t25-/m0/s1. The Morgan fingerprint density at radius 1 is 1.00 bits per heavy atom. The van der Waals surface area contributed by atoms with E-state index in [-0.39, 0.29) is 25.5 Å². The van der Waals surface area contributed by atoms with Gasteiger partial charge in [0, 0.05) is 24.7 Å². The van der Waals surface area contributed by atoms with Crippen LogP contribution in [0.25, 0.3) is 22.2 Å². The van der Waals surface area contributed by atoms with E-state index in [1.165, 1.54) is 0 Å². The third kappa shape index (κ3) is 5.68. The number of hydrogen-bond acceptors (Lipinski definition) is 6. The summed E-state index contributed by atoms with van der Waals surface area (Å²) in [6.45, 7) is 5.38. The number of carboxylic acids is 1. The van der Waals surface area contributed by atoms with Gasteiger partial charge < -0.3 is 24.5 Å². The van der Waals surface area contributed by atoms with Crippen molar-refractivity contribution in [3.8, 4) is 11.1 Å². The smallest absolute Gasteiger partial charge is 0.407 e. The summed E-state index contributed by atoms with van der Waals surface area (Å²) in [5.41, 5.74) is 5.48. The molecule has 5 rings (SSSR count). The lowest BCUT2D eigenvalue weighted by Crippen LogP contribution is -2.42. The summed E-state index contributed by atoms with van der Waals surface area (Å²) in [7, 11) is 0. The van der Waals surface area contributed by atoms with Gasteiger partial charge in [-0.1, -0.05) is 48.5 Å². The Kier molecular flexibility index (Phi) is 7.30. The molecule has 0 spiro atoms. The molecule has 0 saturated carbocycles. The Bertz CT molecular complexity index is 1540. The van der Waals surface area contributed by atoms with E-state index in [9.17, 15) is 19.5 Å². The van der Waals surface area contributed by atoms with Crippen LogP contribution >= 0.6 is 0 Å². The number of hydrogen-bond donors (Lipinski definition) is 2. The number of carbonyl (C=O) groups is 3. The van der Waals surface area contributed by atoms with Crippen molar-refractivity contribution >= 4 is 29.1 Å². The summed E-state index contributed by atoms with van der Waals surface area (Å²) >= 11 is 0. The first-order valence-corrected chi connectivity index (χ1v) is 13.1. The van der Waals surface area contributed by atoms with Crippen LogP contribution in [-0.4, -0.2) is 50.9 Å². The lowest BCUT2D eigenvalue weighted by molar-refractivity contribution is -0.155. The highest BCUT2D eigenvalue weighted by Crippen LogP contribution is 2.44. The zero-order valence-electron chi connectivity index (χ0n) is 22.6. The fourth-order valence-electron chi connectivity index (χ4n) is 5.19. The number of amides is 1. The van der Waals surface area contributed by atoms with Crippen LogP contribution in [0.4, 0.5) is 4.79 Å². The minimum absolute atomic E-state index is 0.0473. The number of ether oxygens (including phenoxy) is 2. The zero-order chi connectivity index (χ0) is 28.4. The van der Waals surface area contributed by atoms with Crippen molar-refractivity contribution in [2.24, 2.45) is 0 Å². The maximum atomic E-state index is 12.8. The minimum Gasteiger partial charge on any atom is -0.480 e. The van der Waals surface area contributed by atoms with Gasteiger partial charge in [0.2, 0.25) is 0 Å². The Balaban J connectivity index is 1.29. The molecule has 0 bridgehead atoms. The van der Waals surface area contributed by atoms with Crippen molar-refractivity contribution < 1.29 is 29.0 Å². The summed E-state index contributed by atoms with van der Waals surface area (Å²) in [6.07, 6.45) is 2.41. The summed E-state index contributed by atoms with van der Waals surface area (Å²) in [6, 6.07) is 18.2. The number of nitrogens with one attached hydrogen (secondary N) is 1. The van der Waals surface area contributed by atoms with Gasteiger partial charge in [0.15, 0.2) is 0 Å². The molecule has 1 atom stereocenters. The van der Waals surface area contributed by atoms with Gasteiger partial charge in [0.05, 0.1) is 11.0 Å². The van der Waals surface area contributed by atoms with Gasteiger partial charge in [-0.2, -0.15) is 0 Å². The molecule has 0 aliphatic heterocycles. The van der Waals surface area contributed by atoms with Crippen LogP contribution in [0.5, 0.6) is 0 Å². The fourth-order valence-corrected chi connectivity index (χ4v) is 5.19.